The summed E-state index contributed by atoms with van der Waals surface area (Å²) in [6, 6.07) is 13.0. The van der Waals surface area contributed by atoms with Crippen molar-refractivity contribution in [2.24, 2.45) is 0 Å². The van der Waals surface area contributed by atoms with Crippen LogP contribution in [0, 0.1) is 11.6 Å². The minimum atomic E-state index is -0.249. The summed E-state index contributed by atoms with van der Waals surface area (Å²) in [5, 5.41) is 0. The molecule has 3 rings (SSSR count). The predicted octanol–water partition coefficient (Wildman–Crippen LogP) is 4.67. The third-order valence-corrected chi connectivity index (χ3v) is 4.04. The second-order valence-electron chi connectivity index (χ2n) is 5.49. The van der Waals surface area contributed by atoms with Gasteiger partial charge in [-0.3, -0.25) is 0 Å². The lowest BCUT2D eigenvalue weighted by Gasteiger charge is -2.31. The first-order valence-corrected chi connectivity index (χ1v) is 7.36. The molecule has 0 bridgehead atoms. The Balaban J connectivity index is 1.97. The second kappa shape index (κ2) is 6.35. The molecule has 0 spiro atoms. The van der Waals surface area contributed by atoms with Crippen molar-refractivity contribution in [1.82, 2.24) is 0 Å². The molecule has 2 aromatic rings. The Bertz CT molecular complexity index is 526. The summed E-state index contributed by atoms with van der Waals surface area (Å²) < 4.78 is 32.3. The van der Waals surface area contributed by atoms with Gasteiger partial charge in [0.2, 0.25) is 0 Å². The molecule has 21 heavy (non-hydrogen) atoms. The van der Waals surface area contributed by atoms with Crippen molar-refractivity contribution in [2.75, 3.05) is 6.61 Å². The number of hydrogen-bond acceptors (Lipinski definition) is 1. The maximum atomic E-state index is 13.2. The third-order valence-electron chi connectivity index (χ3n) is 4.04. The van der Waals surface area contributed by atoms with Crippen LogP contribution in [-0.4, -0.2) is 12.7 Å². The standard InChI is InChI=1S/C18H18F2O/c19-15-8-4-13(5-9-15)18(17-3-1-2-12-21-17)14-6-10-16(20)11-7-14/h4-11,17-18H,1-3,12H2. The van der Waals surface area contributed by atoms with E-state index < -0.39 is 0 Å². The molecule has 0 aromatic heterocycles. The van der Waals surface area contributed by atoms with Crippen molar-refractivity contribution < 1.29 is 13.5 Å². The molecule has 2 aromatic carbocycles. The predicted molar refractivity (Wildman–Crippen MR) is 78.2 cm³/mol. The number of halogens is 2. The SMILES string of the molecule is Fc1ccc(C(c2ccc(F)cc2)C2CCCCO2)cc1. The van der Waals surface area contributed by atoms with Crippen molar-refractivity contribution in [3.05, 3.63) is 71.3 Å². The van der Waals surface area contributed by atoms with Crippen LogP contribution in [0.1, 0.15) is 36.3 Å². The van der Waals surface area contributed by atoms with Gasteiger partial charge in [0.05, 0.1) is 6.10 Å². The maximum Gasteiger partial charge on any atom is 0.123 e. The molecule has 0 aliphatic carbocycles. The number of ether oxygens (including phenoxy) is 1. The van der Waals surface area contributed by atoms with Gasteiger partial charge < -0.3 is 4.74 Å². The normalized spacial score (nSPS) is 18.9. The largest absolute Gasteiger partial charge is 0.377 e. The summed E-state index contributed by atoms with van der Waals surface area (Å²) in [6.07, 6.45) is 3.24. The average molecular weight is 288 g/mol. The molecule has 1 atom stereocenters. The molecule has 1 fully saturated rings. The van der Waals surface area contributed by atoms with E-state index in [0.29, 0.717) is 0 Å². The lowest BCUT2D eigenvalue weighted by molar-refractivity contribution is 0.00635. The first-order valence-electron chi connectivity index (χ1n) is 7.36. The fourth-order valence-electron chi connectivity index (χ4n) is 2.99. The first-order chi connectivity index (χ1) is 10.2. The lowest BCUT2D eigenvalue weighted by atomic mass is 9.83. The molecule has 0 amide bonds. The molecule has 3 heteroatoms. The van der Waals surface area contributed by atoms with E-state index >= 15 is 0 Å². The molecule has 1 heterocycles. The molecule has 0 saturated carbocycles. The zero-order chi connectivity index (χ0) is 14.7. The average Bonchev–Trinajstić information content (AvgIpc) is 2.52. The van der Waals surface area contributed by atoms with E-state index in [-0.39, 0.29) is 23.7 Å². The van der Waals surface area contributed by atoms with Gasteiger partial charge in [0, 0.05) is 12.5 Å². The zero-order valence-corrected chi connectivity index (χ0v) is 11.8. The fourth-order valence-corrected chi connectivity index (χ4v) is 2.99. The molecule has 1 nitrogen and oxygen atoms in total. The van der Waals surface area contributed by atoms with Gasteiger partial charge in [-0.05, 0) is 54.7 Å². The molecule has 0 radical (unpaired) electrons. The Morgan fingerprint density at radius 2 is 1.33 bits per heavy atom. The van der Waals surface area contributed by atoms with E-state index in [9.17, 15) is 8.78 Å². The van der Waals surface area contributed by atoms with Gasteiger partial charge in [0.15, 0.2) is 0 Å². The summed E-state index contributed by atoms with van der Waals surface area (Å²) >= 11 is 0. The highest BCUT2D eigenvalue weighted by Gasteiger charge is 2.27. The van der Waals surface area contributed by atoms with Crippen LogP contribution < -0.4 is 0 Å². The second-order valence-corrected chi connectivity index (χ2v) is 5.49. The number of benzene rings is 2. The smallest absolute Gasteiger partial charge is 0.123 e. The Hall–Kier alpha value is -1.74. The van der Waals surface area contributed by atoms with Crippen LogP contribution in [0.4, 0.5) is 8.78 Å². The molecular formula is C18H18F2O. The Kier molecular flexibility index (Phi) is 4.30. The molecule has 1 unspecified atom stereocenters. The summed E-state index contributed by atoms with van der Waals surface area (Å²) in [6.45, 7) is 0.754. The van der Waals surface area contributed by atoms with Crippen molar-refractivity contribution in [3.8, 4) is 0 Å². The van der Waals surface area contributed by atoms with Crippen LogP contribution in [0.15, 0.2) is 48.5 Å². The topological polar surface area (TPSA) is 9.23 Å². The Morgan fingerprint density at radius 1 is 0.810 bits per heavy atom. The summed E-state index contributed by atoms with van der Waals surface area (Å²) in [5.41, 5.74) is 2.02. The van der Waals surface area contributed by atoms with Crippen molar-refractivity contribution in [2.45, 2.75) is 31.3 Å². The third kappa shape index (κ3) is 3.30. The van der Waals surface area contributed by atoms with Gasteiger partial charge in [-0.2, -0.15) is 0 Å². The van der Waals surface area contributed by atoms with Gasteiger partial charge in [0.1, 0.15) is 11.6 Å². The van der Waals surface area contributed by atoms with Crippen LogP contribution in [0.3, 0.4) is 0 Å². The minimum absolute atomic E-state index is 0.0199. The van der Waals surface area contributed by atoms with Crippen molar-refractivity contribution in [3.63, 3.8) is 0 Å². The molecule has 0 N–H and O–H groups in total. The van der Waals surface area contributed by atoms with Crippen molar-refractivity contribution in [1.29, 1.82) is 0 Å². The van der Waals surface area contributed by atoms with Crippen LogP contribution >= 0.6 is 0 Å². The van der Waals surface area contributed by atoms with Crippen LogP contribution in [0.5, 0.6) is 0 Å². The number of rotatable bonds is 3. The molecule has 110 valence electrons. The maximum absolute atomic E-state index is 13.2. The van der Waals surface area contributed by atoms with E-state index in [1.807, 2.05) is 0 Å². The molecule has 1 saturated heterocycles. The van der Waals surface area contributed by atoms with E-state index in [1.54, 1.807) is 24.3 Å². The van der Waals surface area contributed by atoms with Gasteiger partial charge >= 0.3 is 0 Å². The Labute approximate surface area is 123 Å². The van der Waals surface area contributed by atoms with Gasteiger partial charge in [-0.25, -0.2) is 8.78 Å². The van der Waals surface area contributed by atoms with Gasteiger partial charge in [0.25, 0.3) is 0 Å². The highest BCUT2D eigenvalue weighted by molar-refractivity contribution is 5.34. The van der Waals surface area contributed by atoms with Crippen molar-refractivity contribution >= 4 is 0 Å². The quantitative estimate of drug-likeness (QED) is 0.797. The van der Waals surface area contributed by atoms with Gasteiger partial charge in [-0.1, -0.05) is 24.3 Å². The van der Waals surface area contributed by atoms with Gasteiger partial charge in [-0.15, -0.1) is 0 Å². The monoisotopic (exact) mass is 288 g/mol. The molecule has 1 aliphatic heterocycles. The zero-order valence-electron chi connectivity index (χ0n) is 11.8. The summed E-state index contributed by atoms with van der Waals surface area (Å²) in [7, 11) is 0. The first kappa shape index (κ1) is 14.2. The Morgan fingerprint density at radius 3 is 1.76 bits per heavy atom. The minimum Gasteiger partial charge on any atom is -0.377 e. The van der Waals surface area contributed by atoms with E-state index in [1.165, 1.54) is 24.3 Å². The highest BCUT2D eigenvalue weighted by atomic mass is 19.1. The molecular weight excluding hydrogens is 270 g/mol. The van der Waals surface area contributed by atoms with E-state index in [0.717, 1.165) is 37.0 Å². The molecule has 1 aliphatic rings. The lowest BCUT2D eigenvalue weighted by Crippen LogP contribution is -2.27. The van der Waals surface area contributed by atoms with Crippen LogP contribution in [0.2, 0.25) is 0 Å². The van der Waals surface area contributed by atoms with E-state index in [2.05, 4.69) is 0 Å². The fraction of sp³-hybridized carbons (Fsp3) is 0.333. The van der Waals surface area contributed by atoms with E-state index in [4.69, 9.17) is 4.74 Å². The van der Waals surface area contributed by atoms with Crippen LogP contribution in [0.25, 0.3) is 0 Å². The highest BCUT2D eigenvalue weighted by Crippen LogP contribution is 2.34. The number of hydrogen-bond donors (Lipinski definition) is 0. The van der Waals surface area contributed by atoms with Crippen LogP contribution in [-0.2, 0) is 4.74 Å². The summed E-state index contributed by atoms with van der Waals surface area (Å²) in [4.78, 5) is 0. The summed E-state index contributed by atoms with van der Waals surface area (Å²) in [5.74, 6) is -0.478.